The molecule has 3 N–H and O–H groups in total. The normalized spacial score (nSPS) is 10.0. The number of carboxylic acid groups (broad SMARTS) is 1. The molecule has 0 amide bonds. The zero-order valence-electron chi connectivity index (χ0n) is 8.29. The van der Waals surface area contributed by atoms with Gasteiger partial charge in [-0.15, -0.1) is 0 Å². The second-order valence-corrected chi connectivity index (χ2v) is 3.18. The summed E-state index contributed by atoms with van der Waals surface area (Å²) in [7, 11) is 0. The minimum atomic E-state index is -1.05. The van der Waals surface area contributed by atoms with E-state index in [4.69, 9.17) is 10.8 Å². The smallest absolute Gasteiger partial charge is 0.354 e. The fourth-order valence-corrected chi connectivity index (χ4v) is 1.27. The number of anilines is 1. The van der Waals surface area contributed by atoms with E-state index in [1.807, 2.05) is 0 Å². The number of hydrogen-bond donors (Lipinski definition) is 2. The van der Waals surface area contributed by atoms with Crippen LogP contribution >= 0.6 is 0 Å². The topological polar surface area (TPSA) is 89.1 Å². The Morgan fingerprint density at radius 1 is 1.25 bits per heavy atom. The summed E-state index contributed by atoms with van der Waals surface area (Å²) in [5.74, 6) is -0.636. The van der Waals surface area contributed by atoms with Crippen LogP contribution in [0, 0.1) is 0 Å². The first-order valence-electron chi connectivity index (χ1n) is 4.59. The highest BCUT2D eigenvalue weighted by atomic mass is 16.4. The van der Waals surface area contributed by atoms with Gasteiger partial charge in [-0.1, -0.05) is 6.07 Å². The Labute approximate surface area is 91.6 Å². The lowest BCUT2D eigenvalue weighted by Crippen LogP contribution is -2.00. The molecule has 2 heterocycles. The maximum absolute atomic E-state index is 10.7. The number of nitrogens with two attached hydrogens (primary N) is 1. The number of hydrogen-bond acceptors (Lipinski definition) is 4. The highest BCUT2D eigenvalue weighted by molar-refractivity contribution is 5.86. The van der Waals surface area contributed by atoms with Gasteiger partial charge >= 0.3 is 5.97 Å². The molecule has 2 aromatic rings. The van der Waals surface area contributed by atoms with E-state index in [9.17, 15) is 4.79 Å². The summed E-state index contributed by atoms with van der Waals surface area (Å²) in [6, 6.07) is 8.19. The lowest BCUT2D eigenvalue weighted by atomic mass is 10.2. The summed E-state index contributed by atoms with van der Waals surface area (Å²) in [5, 5.41) is 8.80. The maximum Gasteiger partial charge on any atom is 0.354 e. The Balaban J connectivity index is 2.44. The van der Waals surface area contributed by atoms with E-state index in [0.717, 1.165) is 5.56 Å². The van der Waals surface area contributed by atoms with Crippen LogP contribution in [0.3, 0.4) is 0 Å². The van der Waals surface area contributed by atoms with Crippen LogP contribution in [0.5, 0.6) is 0 Å². The molecule has 0 fully saturated rings. The Kier molecular flexibility index (Phi) is 2.51. The molecule has 2 aromatic heterocycles. The highest BCUT2D eigenvalue weighted by Gasteiger charge is 2.06. The summed E-state index contributed by atoms with van der Waals surface area (Å²) in [4.78, 5) is 18.7. The van der Waals surface area contributed by atoms with Gasteiger partial charge < -0.3 is 10.8 Å². The maximum atomic E-state index is 10.7. The van der Waals surface area contributed by atoms with Gasteiger partial charge in [-0.2, -0.15) is 0 Å². The number of aromatic carboxylic acids is 1. The molecule has 0 saturated heterocycles. The summed E-state index contributed by atoms with van der Waals surface area (Å²) >= 11 is 0. The molecule has 0 spiro atoms. The number of nitrogens with zero attached hydrogens (tertiary/aromatic N) is 2. The van der Waals surface area contributed by atoms with Crippen LogP contribution < -0.4 is 5.73 Å². The first kappa shape index (κ1) is 10.1. The minimum absolute atomic E-state index is 0.00863. The van der Waals surface area contributed by atoms with Crippen molar-refractivity contribution in [2.75, 3.05) is 5.73 Å². The van der Waals surface area contributed by atoms with E-state index in [-0.39, 0.29) is 5.69 Å². The molecule has 5 heteroatoms. The van der Waals surface area contributed by atoms with Crippen molar-refractivity contribution < 1.29 is 9.90 Å². The average molecular weight is 215 g/mol. The molecule has 0 aromatic carbocycles. The zero-order valence-corrected chi connectivity index (χ0v) is 8.29. The number of nitrogen functional groups attached to an aromatic ring is 1. The number of carbonyl (C=O) groups is 1. The van der Waals surface area contributed by atoms with Crippen molar-refractivity contribution in [1.29, 1.82) is 0 Å². The van der Waals surface area contributed by atoms with Crippen LogP contribution in [-0.4, -0.2) is 21.0 Å². The van der Waals surface area contributed by atoms with Gasteiger partial charge in [0.15, 0.2) is 0 Å². The Morgan fingerprint density at radius 3 is 2.69 bits per heavy atom. The van der Waals surface area contributed by atoms with Crippen LogP contribution in [0.1, 0.15) is 10.5 Å². The van der Waals surface area contributed by atoms with Crippen LogP contribution in [0.4, 0.5) is 5.82 Å². The summed E-state index contributed by atoms with van der Waals surface area (Å²) in [6.07, 6.45) is 1.56. The van der Waals surface area contributed by atoms with Gasteiger partial charge in [-0.25, -0.2) is 14.8 Å². The van der Waals surface area contributed by atoms with Gasteiger partial charge in [0.05, 0.1) is 5.69 Å². The second-order valence-electron chi connectivity index (χ2n) is 3.18. The molecule has 0 bridgehead atoms. The average Bonchev–Trinajstić information content (AvgIpc) is 2.30. The number of rotatable bonds is 2. The van der Waals surface area contributed by atoms with E-state index >= 15 is 0 Å². The largest absolute Gasteiger partial charge is 0.477 e. The number of carboxylic acids is 1. The fraction of sp³-hybridized carbons (Fsp3) is 0. The van der Waals surface area contributed by atoms with E-state index in [1.54, 1.807) is 30.5 Å². The Bertz CT molecular complexity index is 523. The van der Waals surface area contributed by atoms with Gasteiger partial charge in [0.2, 0.25) is 0 Å². The third kappa shape index (κ3) is 1.98. The molecule has 0 aliphatic carbocycles. The molecule has 16 heavy (non-hydrogen) atoms. The third-order valence-electron chi connectivity index (χ3n) is 2.05. The summed E-state index contributed by atoms with van der Waals surface area (Å²) in [6.45, 7) is 0. The molecule has 0 aliphatic heterocycles. The molecular weight excluding hydrogens is 206 g/mol. The van der Waals surface area contributed by atoms with Gasteiger partial charge in [0.25, 0.3) is 0 Å². The molecule has 0 saturated carbocycles. The second kappa shape index (κ2) is 3.98. The predicted molar refractivity (Wildman–Crippen MR) is 58.8 cm³/mol. The predicted octanol–water partition coefficient (Wildman–Crippen LogP) is 1.42. The van der Waals surface area contributed by atoms with Crippen LogP contribution in [0.25, 0.3) is 11.3 Å². The van der Waals surface area contributed by atoms with Crippen molar-refractivity contribution in [2.24, 2.45) is 0 Å². The lowest BCUT2D eigenvalue weighted by Gasteiger charge is -2.01. The van der Waals surface area contributed by atoms with Gasteiger partial charge in [-0.3, -0.25) is 0 Å². The van der Waals surface area contributed by atoms with Crippen LogP contribution in [0.2, 0.25) is 0 Å². The molecule has 0 atom stereocenters. The first-order valence-corrected chi connectivity index (χ1v) is 4.59. The fourth-order valence-electron chi connectivity index (χ4n) is 1.27. The molecule has 0 unspecified atom stereocenters. The van der Waals surface area contributed by atoms with Gasteiger partial charge in [0, 0.05) is 11.8 Å². The Hall–Kier alpha value is -2.43. The van der Waals surface area contributed by atoms with E-state index in [0.29, 0.717) is 11.5 Å². The molecule has 2 rings (SSSR count). The minimum Gasteiger partial charge on any atom is -0.477 e. The quantitative estimate of drug-likeness (QED) is 0.790. The molecule has 0 aliphatic rings. The zero-order chi connectivity index (χ0) is 11.5. The number of pyridine rings is 2. The van der Waals surface area contributed by atoms with Crippen molar-refractivity contribution in [2.45, 2.75) is 0 Å². The van der Waals surface area contributed by atoms with Crippen molar-refractivity contribution in [3.05, 3.63) is 42.2 Å². The summed E-state index contributed by atoms with van der Waals surface area (Å²) < 4.78 is 0. The molecule has 0 radical (unpaired) electrons. The van der Waals surface area contributed by atoms with Crippen molar-refractivity contribution in [1.82, 2.24) is 9.97 Å². The first-order chi connectivity index (χ1) is 7.66. The molecular formula is C11H9N3O2. The van der Waals surface area contributed by atoms with Gasteiger partial charge in [0.1, 0.15) is 11.5 Å². The SMILES string of the molecule is Nc1ccc(-c2cccc(C(=O)O)n2)cn1. The molecule has 5 nitrogen and oxygen atoms in total. The van der Waals surface area contributed by atoms with Crippen molar-refractivity contribution >= 4 is 11.8 Å². The summed E-state index contributed by atoms with van der Waals surface area (Å²) in [5.41, 5.74) is 6.76. The highest BCUT2D eigenvalue weighted by Crippen LogP contribution is 2.16. The van der Waals surface area contributed by atoms with E-state index < -0.39 is 5.97 Å². The standard InChI is InChI=1S/C11H9N3O2/c12-10-5-4-7(6-13-10)8-2-1-3-9(14-8)11(15)16/h1-6H,(H2,12,13)(H,15,16). The third-order valence-corrected chi connectivity index (χ3v) is 2.05. The monoisotopic (exact) mass is 215 g/mol. The Morgan fingerprint density at radius 2 is 2.06 bits per heavy atom. The van der Waals surface area contributed by atoms with E-state index in [2.05, 4.69) is 9.97 Å². The van der Waals surface area contributed by atoms with Gasteiger partial charge in [-0.05, 0) is 24.3 Å². The van der Waals surface area contributed by atoms with Crippen molar-refractivity contribution in [3.63, 3.8) is 0 Å². The molecule has 80 valence electrons. The van der Waals surface area contributed by atoms with Crippen molar-refractivity contribution in [3.8, 4) is 11.3 Å². The number of aromatic nitrogens is 2. The van der Waals surface area contributed by atoms with Crippen LogP contribution in [0.15, 0.2) is 36.5 Å². The lowest BCUT2D eigenvalue weighted by molar-refractivity contribution is 0.0690. The van der Waals surface area contributed by atoms with Crippen LogP contribution in [-0.2, 0) is 0 Å². The van der Waals surface area contributed by atoms with E-state index in [1.165, 1.54) is 6.07 Å².